The molecule has 2 aromatic carbocycles. The Labute approximate surface area is 131 Å². The standard InChI is InChI=1S/C19H19NO2/c1-13-10-15(14-8-6-5-7-9-14)18(22-17(21)12-20)16(11-13)19(2,3)4/h5-11H,1-4H3. The lowest BCUT2D eigenvalue weighted by Gasteiger charge is -2.24. The molecule has 0 saturated carbocycles. The minimum atomic E-state index is -0.897. The minimum Gasteiger partial charge on any atom is -0.414 e. The first-order chi connectivity index (χ1) is 10.3. The molecule has 3 nitrogen and oxygen atoms in total. The van der Waals surface area contributed by atoms with Gasteiger partial charge in [0.1, 0.15) is 5.75 Å². The van der Waals surface area contributed by atoms with Crippen LogP contribution in [0.5, 0.6) is 5.75 Å². The molecule has 0 aromatic heterocycles. The zero-order valence-corrected chi connectivity index (χ0v) is 13.3. The number of ether oxygens (including phenoxy) is 1. The summed E-state index contributed by atoms with van der Waals surface area (Å²) in [6.07, 6.45) is 0. The Morgan fingerprint density at radius 2 is 1.77 bits per heavy atom. The lowest BCUT2D eigenvalue weighted by molar-refractivity contribution is -0.128. The number of esters is 1. The first-order valence-electron chi connectivity index (χ1n) is 7.15. The summed E-state index contributed by atoms with van der Waals surface area (Å²) in [4.78, 5) is 11.5. The maximum absolute atomic E-state index is 11.5. The lowest BCUT2D eigenvalue weighted by Crippen LogP contribution is -2.16. The second-order valence-corrected chi connectivity index (χ2v) is 6.31. The summed E-state index contributed by atoms with van der Waals surface area (Å²) in [5, 5.41) is 8.78. The third kappa shape index (κ3) is 3.35. The third-order valence-electron chi connectivity index (χ3n) is 3.41. The summed E-state index contributed by atoms with van der Waals surface area (Å²) < 4.78 is 5.36. The van der Waals surface area contributed by atoms with Crippen LogP contribution in [0.2, 0.25) is 0 Å². The van der Waals surface area contributed by atoms with Gasteiger partial charge >= 0.3 is 5.97 Å². The molecule has 2 rings (SSSR count). The van der Waals surface area contributed by atoms with Gasteiger partial charge in [-0.2, -0.15) is 5.26 Å². The number of nitrogens with zero attached hydrogens (tertiary/aromatic N) is 1. The molecule has 0 spiro atoms. The maximum Gasteiger partial charge on any atom is 0.416 e. The van der Waals surface area contributed by atoms with E-state index < -0.39 is 5.97 Å². The van der Waals surface area contributed by atoms with E-state index in [-0.39, 0.29) is 5.41 Å². The van der Waals surface area contributed by atoms with Gasteiger partial charge in [-0.3, -0.25) is 0 Å². The van der Waals surface area contributed by atoms with Crippen LogP contribution in [-0.4, -0.2) is 5.97 Å². The summed E-state index contributed by atoms with van der Waals surface area (Å²) in [6, 6.07) is 15.2. The van der Waals surface area contributed by atoms with Crippen molar-refractivity contribution in [2.45, 2.75) is 33.1 Å². The van der Waals surface area contributed by atoms with Crippen molar-refractivity contribution in [2.75, 3.05) is 0 Å². The van der Waals surface area contributed by atoms with Crippen LogP contribution in [0.25, 0.3) is 11.1 Å². The Morgan fingerprint density at radius 1 is 1.14 bits per heavy atom. The molecule has 112 valence electrons. The van der Waals surface area contributed by atoms with Gasteiger partial charge < -0.3 is 4.74 Å². The van der Waals surface area contributed by atoms with Gasteiger partial charge in [-0.15, -0.1) is 0 Å². The maximum atomic E-state index is 11.5. The number of carbonyl (C=O) groups excluding carboxylic acids is 1. The Bertz CT molecular complexity index is 735. The highest BCUT2D eigenvalue weighted by molar-refractivity contribution is 5.90. The molecule has 2 aromatic rings. The van der Waals surface area contributed by atoms with E-state index in [0.717, 1.165) is 22.3 Å². The van der Waals surface area contributed by atoms with Crippen molar-refractivity contribution in [1.82, 2.24) is 0 Å². The quantitative estimate of drug-likeness (QED) is 0.469. The summed E-state index contributed by atoms with van der Waals surface area (Å²) in [6.45, 7) is 8.18. The summed E-state index contributed by atoms with van der Waals surface area (Å²) in [7, 11) is 0. The fourth-order valence-electron chi connectivity index (χ4n) is 2.39. The van der Waals surface area contributed by atoms with Crippen molar-refractivity contribution in [1.29, 1.82) is 5.26 Å². The van der Waals surface area contributed by atoms with E-state index >= 15 is 0 Å². The Morgan fingerprint density at radius 3 is 2.32 bits per heavy atom. The average Bonchev–Trinajstić information content (AvgIpc) is 2.48. The van der Waals surface area contributed by atoms with Crippen molar-refractivity contribution in [3.63, 3.8) is 0 Å². The molecule has 22 heavy (non-hydrogen) atoms. The van der Waals surface area contributed by atoms with Crippen molar-refractivity contribution < 1.29 is 9.53 Å². The largest absolute Gasteiger partial charge is 0.416 e. The zero-order valence-electron chi connectivity index (χ0n) is 13.3. The molecule has 0 aliphatic rings. The first-order valence-corrected chi connectivity index (χ1v) is 7.15. The SMILES string of the molecule is Cc1cc(-c2ccccc2)c(OC(=O)C#N)c(C(C)(C)C)c1. The molecule has 0 radical (unpaired) electrons. The van der Waals surface area contributed by atoms with Crippen molar-refractivity contribution in [3.8, 4) is 22.9 Å². The molecule has 0 heterocycles. The molecule has 0 N–H and O–H groups in total. The molecule has 0 aliphatic carbocycles. The van der Waals surface area contributed by atoms with Crippen molar-refractivity contribution in [3.05, 3.63) is 53.6 Å². The normalized spacial score (nSPS) is 10.9. The molecular weight excluding hydrogens is 274 g/mol. The van der Waals surface area contributed by atoms with E-state index in [4.69, 9.17) is 10.00 Å². The topological polar surface area (TPSA) is 50.1 Å². The van der Waals surface area contributed by atoms with Crippen LogP contribution in [0, 0.1) is 18.3 Å². The molecule has 0 saturated heterocycles. The predicted molar refractivity (Wildman–Crippen MR) is 86.6 cm³/mol. The third-order valence-corrected chi connectivity index (χ3v) is 3.41. The zero-order chi connectivity index (χ0) is 16.3. The van der Waals surface area contributed by atoms with Gasteiger partial charge in [0.25, 0.3) is 0 Å². The summed E-state index contributed by atoms with van der Waals surface area (Å²) >= 11 is 0. The molecule has 0 fully saturated rings. The van der Waals surface area contributed by atoms with Crippen LogP contribution in [-0.2, 0) is 10.2 Å². The molecule has 0 amide bonds. The van der Waals surface area contributed by atoms with Gasteiger partial charge in [-0.05, 0) is 29.5 Å². The number of carbonyl (C=O) groups is 1. The van der Waals surface area contributed by atoms with E-state index in [0.29, 0.717) is 5.75 Å². The van der Waals surface area contributed by atoms with Gasteiger partial charge in [-0.25, -0.2) is 4.79 Å². The molecule has 0 atom stereocenters. The molecule has 0 aliphatic heterocycles. The molecule has 0 unspecified atom stereocenters. The van der Waals surface area contributed by atoms with Crippen LogP contribution >= 0.6 is 0 Å². The van der Waals surface area contributed by atoms with E-state index in [1.165, 1.54) is 6.07 Å². The van der Waals surface area contributed by atoms with Crippen molar-refractivity contribution in [2.24, 2.45) is 0 Å². The van der Waals surface area contributed by atoms with E-state index in [1.54, 1.807) is 0 Å². The Hall–Kier alpha value is -2.60. The predicted octanol–water partition coefficient (Wildman–Crippen LogP) is 4.39. The van der Waals surface area contributed by atoms with Gasteiger partial charge in [0, 0.05) is 11.1 Å². The number of benzene rings is 2. The Balaban J connectivity index is 2.74. The Kier molecular flexibility index (Phi) is 4.32. The van der Waals surface area contributed by atoms with E-state index in [2.05, 4.69) is 20.8 Å². The van der Waals surface area contributed by atoms with Gasteiger partial charge in [-0.1, -0.05) is 57.2 Å². The lowest BCUT2D eigenvalue weighted by atomic mass is 9.83. The second-order valence-electron chi connectivity index (χ2n) is 6.31. The van der Waals surface area contributed by atoms with Gasteiger partial charge in [0.05, 0.1) is 0 Å². The van der Waals surface area contributed by atoms with E-state index in [9.17, 15) is 4.79 Å². The number of rotatable bonds is 2. The fraction of sp³-hybridized carbons (Fsp3) is 0.263. The van der Waals surface area contributed by atoms with Crippen molar-refractivity contribution >= 4 is 5.97 Å². The average molecular weight is 293 g/mol. The van der Waals surface area contributed by atoms with Crippen LogP contribution in [0.3, 0.4) is 0 Å². The monoisotopic (exact) mass is 293 g/mol. The summed E-state index contributed by atoms with van der Waals surface area (Å²) in [5.41, 5.74) is 3.57. The number of nitriles is 1. The summed E-state index contributed by atoms with van der Waals surface area (Å²) in [5.74, 6) is -0.428. The highest BCUT2D eigenvalue weighted by Gasteiger charge is 2.24. The first kappa shape index (κ1) is 15.8. The smallest absolute Gasteiger partial charge is 0.414 e. The molecule has 0 bridgehead atoms. The fourth-order valence-corrected chi connectivity index (χ4v) is 2.39. The van der Waals surface area contributed by atoms with E-state index in [1.807, 2.05) is 49.4 Å². The number of aryl methyl sites for hydroxylation is 1. The minimum absolute atomic E-state index is 0.208. The highest BCUT2D eigenvalue weighted by atomic mass is 16.5. The number of hydrogen-bond donors (Lipinski definition) is 0. The van der Waals surface area contributed by atoms with Crippen LogP contribution in [0.15, 0.2) is 42.5 Å². The molecule has 3 heteroatoms. The van der Waals surface area contributed by atoms with Crippen LogP contribution < -0.4 is 4.74 Å². The number of hydrogen-bond acceptors (Lipinski definition) is 3. The van der Waals surface area contributed by atoms with Gasteiger partial charge in [0.15, 0.2) is 6.07 Å². The molecular formula is C19H19NO2. The van der Waals surface area contributed by atoms with Crippen LogP contribution in [0.1, 0.15) is 31.9 Å². The van der Waals surface area contributed by atoms with Crippen LogP contribution in [0.4, 0.5) is 0 Å². The highest BCUT2D eigenvalue weighted by Crippen LogP contribution is 2.40. The second kappa shape index (κ2) is 6.03. The van der Waals surface area contributed by atoms with Gasteiger partial charge in [0.2, 0.25) is 0 Å².